The summed E-state index contributed by atoms with van der Waals surface area (Å²) < 4.78 is 5.49. The van der Waals surface area contributed by atoms with Crippen molar-refractivity contribution in [3.63, 3.8) is 0 Å². The molecule has 0 aromatic heterocycles. The highest BCUT2D eigenvalue weighted by Crippen LogP contribution is 2.12. The van der Waals surface area contributed by atoms with E-state index in [1.165, 1.54) is 0 Å². The van der Waals surface area contributed by atoms with E-state index in [0.717, 1.165) is 24.5 Å². The summed E-state index contributed by atoms with van der Waals surface area (Å²) in [5.41, 5.74) is 0.646. The summed E-state index contributed by atoms with van der Waals surface area (Å²) in [7, 11) is 0. The van der Waals surface area contributed by atoms with Gasteiger partial charge in [-0.2, -0.15) is 17.0 Å². The fourth-order valence-corrected chi connectivity index (χ4v) is 1.46. The van der Waals surface area contributed by atoms with Crippen LogP contribution in [0.3, 0.4) is 0 Å². The predicted octanol–water partition coefficient (Wildman–Crippen LogP) is 2.69. The van der Waals surface area contributed by atoms with Crippen molar-refractivity contribution < 1.29 is 4.74 Å². The average molecular weight is 207 g/mol. The van der Waals surface area contributed by atoms with Crippen molar-refractivity contribution in [3.8, 4) is 11.8 Å². The molecule has 1 aromatic carbocycles. The van der Waals surface area contributed by atoms with Crippen LogP contribution in [0.5, 0.6) is 5.75 Å². The molecule has 0 amide bonds. The van der Waals surface area contributed by atoms with Gasteiger partial charge >= 0.3 is 0 Å². The van der Waals surface area contributed by atoms with Crippen LogP contribution in [0.1, 0.15) is 12.0 Å². The molecule has 0 unspecified atom stereocenters. The molecule has 2 nitrogen and oxygen atoms in total. The number of nitrogens with zero attached hydrogens (tertiary/aromatic N) is 1. The standard InChI is InChI=1S/C11H13NOS/c1-14-7-3-6-13-11-5-2-4-10(8-11)9-12/h2,4-5,8H,3,6-7H2,1H3. The first-order valence-electron chi connectivity index (χ1n) is 4.48. The molecule has 0 saturated heterocycles. The lowest BCUT2D eigenvalue weighted by Crippen LogP contribution is -1.98. The van der Waals surface area contributed by atoms with Crippen molar-refractivity contribution >= 4 is 11.8 Å². The average Bonchev–Trinajstić information content (AvgIpc) is 2.25. The largest absolute Gasteiger partial charge is 0.494 e. The van der Waals surface area contributed by atoms with E-state index in [1.807, 2.05) is 23.9 Å². The Morgan fingerprint density at radius 3 is 3.07 bits per heavy atom. The van der Waals surface area contributed by atoms with E-state index in [-0.39, 0.29) is 0 Å². The molecular weight excluding hydrogens is 194 g/mol. The molecule has 0 atom stereocenters. The molecule has 0 spiro atoms. The lowest BCUT2D eigenvalue weighted by Gasteiger charge is -2.04. The Balaban J connectivity index is 2.39. The van der Waals surface area contributed by atoms with Crippen molar-refractivity contribution in [1.82, 2.24) is 0 Å². The molecule has 0 saturated carbocycles. The first-order chi connectivity index (χ1) is 6.86. The summed E-state index contributed by atoms with van der Waals surface area (Å²) in [4.78, 5) is 0. The molecule has 74 valence electrons. The van der Waals surface area contributed by atoms with Gasteiger partial charge in [-0.15, -0.1) is 0 Å². The topological polar surface area (TPSA) is 33.0 Å². The first kappa shape index (κ1) is 10.9. The number of nitriles is 1. The van der Waals surface area contributed by atoms with Gasteiger partial charge in [0, 0.05) is 0 Å². The Labute approximate surface area is 88.9 Å². The van der Waals surface area contributed by atoms with Crippen LogP contribution in [0.15, 0.2) is 24.3 Å². The second kappa shape index (κ2) is 6.33. The van der Waals surface area contributed by atoms with Gasteiger partial charge in [0.25, 0.3) is 0 Å². The maximum Gasteiger partial charge on any atom is 0.120 e. The molecule has 0 fully saturated rings. The van der Waals surface area contributed by atoms with Crippen LogP contribution in [0.2, 0.25) is 0 Å². The molecule has 0 bridgehead atoms. The van der Waals surface area contributed by atoms with E-state index in [0.29, 0.717) is 5.56 Å². The van der Waals surface area contributed by atoms with E-state index < -0.39 is 0 Å². The second-order valence-corrected chi connectivity index (χ2v) is 3.82. The monoisotopic (exact) mass is 207 g/mol. The summed E-state index contributed by atoms with van der Waals surface area (Å²) in [6, 6.07) is 9.33. The van der Waals surface area contributed by atoms with E-state index >= 15 is 0 Å². The third kappa shape index (κ3) is 3.71. The van der Waals surface area contributed by atoms with Gasteiger partial charge in [-0.25, -0.2) is 0 Å². The molecular formula is C11H13NOS. The normalized spacial score (nSPS) is 9.43. The predicted molar refractivity (Wildman–Crippen MR) is 59.7 cm³/mol. The third-order valence-corrected chi connectivity index (χ3v) is 2.42. The third-order valence-electron chi connectivity index (χ3n) is 1.72. The molecule has 14 heavy (non-hydrogen) atoms. The van der Waals surface area contributed by atoms with Gasteiger partial charge in [0.15, 0.2) is 0 Å². The highest BCUT2D eigenvalue weighted by Gasteiger charge is 1.95. The van der Waals surface area contributed by atoms with Gasteiger partial charge in [-0.1, -0.05) is 6.07 Å². The van der Waals surface area contributed by atoms with Gasteiger partial charge in [0.2, 0.25) is 0 Å². The molecule has 0 aliphatic rings. The first-order valence-corrected chi connectivity index (χ1v) is 5.88. The molecule has 0 radical (unpaired) electrons. The molecule has 0 aliphatic heterocycles. The van der Waals surface area contributed by atoms with Crippen molar-refractivity contribution in [1.29, 1.82) is 5.26 Å². The Morgan fingerprint density at radius 2 is 2.36 bits per heavy atom. The Kier molecular flexibility index (Phi) is 4.95. The summed E-state index contributed by atoms with van der Waals surface area (Å²) in [6.45, 7) is 0.718. The van der Waals surface area contributed by atoms with E-state index in [2.05, 4.69) is 12.3 Å². The maximum absolute atomic E-state index is 8.66. The highest BCUT2D eigenvalue weighted by molar-refractivity contribution is 7.98. The molecule has 1 rings (SSSR count). The summed E-state index contributed by atoms with van der Waals surface area (Å²) >= 11 is 1.81. The second-order valence-electron chi connectivity index (χ2n) is 2.83. The molecule has 3 heteroatoms. The van der Waals surface area contributed by atoms with E-state index in [1.54, 1.807) is 12.1 Å². The maximum atomic E-state index is 8.66. The minimum absolute atomic E-state index is 0.646. The van der Waals surface area contributed by atoms with E-state index in [4.69, 9.17) is 10.00 Å². The van der Waals surface area contributed by atoms with Crippen LogP contribution in [0.4, 0.5) is 0 Å². The number of thioether (sulfide) groups is 1. The minimum atomic E-state index is 0.646. The van der Waals surface area contributed by atoms with Crippen molar-refractivity contribution in [2.75, 3.05) is 18.6 Å². The number of rotatable bonds is 5. The SMILES string of the molecule is CSCCCOc1cccc(C#N)c1. The van der Waals surface area contributed by atoms with Gasteiger partial charge < -0.3 is 4.74 Å². The van der Waals surface area contributed by atoms with Gasteiger partial charge in [-0.05, 0) is 36.6 Å². The fourth-order valence-electron chi connectivity index (χ4n) is 1.05. The van der Waals surface area contributed by atoms with Crippen LogP contribution >= 0.6 is 11.8 Å². The van der Waals surface area contributed by atoms with Gasteiger partial charge in [-0.3, -0.25) is 0 Å². The zero-order valence-electron chi connectivity index (χ0n) is 8.19. The number of benzene rings is 1. The zero-order valence-corrected chi connectivity index (χ0v) is 9.01. The van der Waals surface area contributed by atoms with Crippen molar-refractivity contribution in [3.05, 3.63) is 29.8 Å². The van der Waals surface area contributed by atoms with Crippen LogP contribution in [0.25, 0.3) is 0 Å². The Bertz CT molecular complexity index is 319. The molecule has 0 heterocycles. The summed E-state index contributed by atoms with van der Waals surface area (Å²) in [5.74, 6) is 1.89. The molecule has 0 N–H and O–H groups in total. The Hall–Kier alpha value is -1.14. The molecule has 0 aliphatic carbocycles. The molecule has 1 aromatic rings. The zero-order chi connectivity index (χ0) is 10.2. The van der Waals surface area contributed by atoms with Gasteiger partial charge in [0.05, 0.1) is 18.2 Å². The van der Waals surface area contributed by atoms with Crippen molar-refractivity contribution in [2.45, 2.75) is 6.42 Å². The fraction of sp³-hybridized carbons (Fsp3) is 0.364. The number of ether oxygens (including phenoxy) is 1. The summed E-state index contributed by atoms with van der Waals surface area (Å²) in [5, 5.41) is 8.66. The van der Waals surface area contributed by atoms with E-state index in [9.17, 15) is 0 Å². The number of hydrogen-bond acceptors (Lipinski definition) is 3. The van der Waals surface area contributed by atoms with Crippen LogP contribution in [-0.2, 0) is 0 Å². The quantitative estimate of drug-likeness (QED) is 0.696. The minimum Gasteiger partial charge on any atom is -0.494 e. The lowest BCUT2D eigenvalue weighted by molar-refractivity contribution is 0.318. The van der Waals surface area contributed by atoms with Crippen LogP contribution < -0.4 is 4.74 Å². The lowest BCUT2D eigenvalue weighted by atomic mass is 10.2. The smallest absolute Gasteiger partial charge is 0.120 e. The van der Waals surface area contributed by atoms with Crippen LogP contribution in [0, 0.1) is 11.3 Å². The van der Waals surface area contributed by atoms with Gasteiger partial charge in [0.1, 0.15) is 5.75 Å². The van der Waals surface area contributed by atoms with Crippen molar-refractivity contribution in [2.24, 2.45) is 0 Å². The Morgan fingerprint density at radius 1 is 1.50 bits per heavy atom. The summed E-state index contributed by atoms with van der Waals surface area (Å²) in [6.07, 6.45) is 3.12. The highest BCUT2D eigenvalue weighted by atomic mass is 32.2. The number of hydrogen-bond donors (Lipinski definition) is 0. The van der Waals surface area contributed by atoms with Crippen LogP contribution in [-0.4, -0.2) is 18.6 Å².